The second-order valence-corrected chi connectivity index (χ2v) is 7.68. The summed E-state index contributed by atoms with van der Waals surface area (Å²) in [5.74, 6) is 0.0123. The number of rotatable bonds is 5. The number of nitrogens with one attached hydrogen (secondary N) is 2. The molecule has 160 valence electrons. The van der Waals surface area contributed by atoms with Crippen molar-refractivity contribution in [2.24, 2.45) is 0 Å². The van der Waals surface area contributed by atoms with Gasteiger partial charge < -0.3 is 10.1 Å². The fourth-order valence-electron chi connectivity index (χ4n) is 3.07. The molecule has 10 heteroatoms. The summed E-state index contributed by atoms with van der Waals surface area (Å²) < 4.78 is 44.2. The molecule has 2 heterocycles. The van der Waals surface area contributed by atoms with Gasteiger partial charge in [0, 0.05) is 23.1 Å². The third-order valence-electron chi connectivity index (χ3n) is 4.58. The Hall–Kier alpha value is -3.40. The molecule has 0 aliphatic carbocycles. The molecule has 0 saturated carbocycles. The molecule has 0 radical (unpaired) electrons. The van der Waals surface area contributed by atoms with Crippen molar-refractivity contribution in [3.8, 4) is 17.0 Å². The molecule has 6 nitrogen and oxygen atoms in total. The zero-order valence-electron chi connectivity index (χ0n) is 16.0. The summed E-state index contributed by atoms with van der Waals surface area (Å²) in [4.78, 5) is 27.8. The van der Waals surface area contributed by atoms with E-state index in [2.05, 4.69) is 15.6 Å². The normalized spacial score (nSPS) is 13.3. The van der Waals surface area contributed by atoms with Gasteiger partial charge in [0.25, 0.3) is 5.91 Å². The maximum atomic E-state index is 12.9. The van der Waals surface area contributed by atoms with E-state index in [0.717, 1.165) is 34.7 Å². The molecule has 1 aliphatic rings. The first kappa shape index (κ1) is 20.9. The van der Waals surface area contributed by atoms with Crippen LogP contribution in [0.25, 0.3) is 11.3 Å². The van der Waals surface area contributed by atoms with Crippen molar-refractivity contribution in [2.45, 2.75) is 19.0 Å². The van der Waals surface area contributed by atoms with Crippen molar-refractivity contribution < 1.29 is 27.5 Å². The van der Waals surface area contributed by atoms with Crippen molar-refractivity contribution in [1.29, 1.82) is 0 Å². The number of nitrogens with zero attached hydrogens (tertiary/aromatic N) is 1. The number of anilines is 2. The molecule has 2 amide bonds. The number of carbonyl (C=O) groups excluding carboxylic acids is 2. The third kappa shape index (κ3) is 5.02. The van der Waals surface area contributed by atoms with Crippen LogP contribution in [0, 0.1) is 0 Å². The Labute approximate surface area is 179 Å². The molecule has 2 aromatic carbocycles. The van der Waals surface area contributed by atoms with E-state index in [1.54, 1.807) is 23.6 Å². The highest BCUT2D eigenvalue weighted by molar-refractivity contribution is 7.14. The number of carbonyl (C=O) groups is 2. The molecule has 0 spiro atoms. The first-order valence-corrected chi connectivity index (χ1v) is 10.1. The van der Waals surface area contributed by atoms with Gasteiger partial charge in [-0.1, -0.05) is 12.1 Å². The van der Waals surface area contributed by atoms with Crippen LogP contribution >= 0.6 is 11.3 Å². The Balaban J connectivity index is 1.36. The number of thiazole rings is 1. The summed E-state index contributed by atoms with van der Waals surface area (Å²) in [5, 5.41) is 7.18. The van der Waals surface area contributed by atoms with Gasteiger partial charge >= 0.3 is 6.18 Å². The number of fused-ring (bicyclic) bond motifs is 1. The highest BCUT2D eigenvalue weighted by atomic mass is 32.1. The molecule has 0 atom stereocenters. The van der Waals surface area contributed by atoms with Crippen LogP contribution in [0.4, 0.5) is 24.0 Å². The Bertz CT molecular complexity index is 1140. The Morgan fingerprint density at radius 2 is 2.03 bits per heavy atom. The lowest BCUT2D eigenvalue weighted by atomic mass is 10.0. The van der Waals surface area contributed by atoms with Gasteiger partial charge in [-0.2, -0.15) is 13.2 Å². The minimum absolute atomic E-state index is 0.0338. The third-order valence-corrected chi connectivity index (χ3v) is 5.34. The van der Waals surface area contributed by atoms with Gasteiger partial charge in [0.15, 0.2) is 11.7 Å². The van der Waals surface area contributed by atoms with Gasteiger partial charge in [-0.05, 0) is 42.3 Å². The maximum absolute atomic E-state index is 12.9. The molecule has 0 unspecified atom stereocenters. The number of aryl methyl sites for hydroxylation is 1. The summed E-state index contributed by atoms with van der Waals surface area (Å²) in [6.45, 7) is -0.260. The van der Waals surface area contributed by atoms with E-state index in [4.69, 9.17) is 4.74 Å². The molecular formula is C21H16F3N3O3S. The molecule has 0 fully saturated rings. The second-order valence-electron chi connectivity index (χ2n) is 6.82. The summed E-state index contributed by atoms with van der Waals surface area (Å²) >= 11 is 1.11. The van der Waals surface area contributed by atoms with E-state index in [0.29, 0.717) is 29.8 Å². The average molecular weight is 447 g/mol. The Morgan fingerprint density at radius 3 is 2.84 bits per heavy atom. The lowest BCUT2D eigenvalue weighted by molar-refractivity contribution is -0.137. The monoisotopic (exact) mass is 447 g/mol. The first-order valence-electron chi connectivity index (χ1n) is 9.26. The molecule has 1 aromatic heterocycles. The molecule has 0 saturated heterocycles. The molecular weight excluding hydrogens is 431 g/mol. The van der Waals surface area contributed by atoms with Gasteiger partial charge in [0.1, 0.15) is 5.75 Å². The van der Waals surface area contributed by atoms with E-state index >= 15 is 0 Å². The molecule has 1 aliphatic heterocycles. The highest BCUT2D eigenvalue weighted by Gasteiger charge is 2.30. The predicted octanol–water partition coefficient (Wildman–Crippen LogP) is 4.73. The molecule has 0 bridgehead atoms. The van der Waals surface area contributed by atoms with Crippen LogP contribution in [-0.2, 0) is 22.2 Å². The SMILES string of the molecule is O=C(COc1ccc2c(c1)CCC(=O)N2)Nc1nc(-c2cccc(C(F)(F)F)c2)cs1. The number of hydrogen-bond acceptors (Lipinski definition) is 5. The summed E-state index contributed by atoms with van der Waals surface area (Å²) in [6, 6.07) is 10.0. The maximum Gasteiger partial charge on any atom is 0.416 e. The standard InChI is InChI=1S/C21H16F3N3O3S/c22-21(23,24)14-3-1-2-12(8-14)17-11-31-20(26-17)27-19(29)10-30-15-5-6-16-13(9-15)4-7-18(28)25-16/h1-3,5-6,8-9,11H,4,7,10H2,(H,25,28)(H,26,27,29). The van der Waals surface area contributed by atoms with Crippen molar-refractivity contribution in [3.63, 3.8) is 0 Å². The van der Waals surface area contributed by atoms with E-state index in [9.17, 15) is 22.8 Å². The zero-order chi connectivity index (χ0) is 22.0. The zero-order valence-corrected chi connectivity index (χ0v) is 16.8. The quantitative estimate of drug-likeness (QED) is 0.593. The van der Waals surface area contributed by atoms with E-state index in [1.807, 2.05) is 0 Å². The number of alkyl halides is 3. The second kappa shape index (κ2) is 8.38. The fraction of sp³-hybridized carbons (Fsp3) is 0.190. The van der Waals surface area contributed by atoms with Gasteiger partial charge in [-0.15, -0.1) is 11.3 Å². The lowest BCUT2D eigenvalue weighted by Crippen LogP contribution is -2.21. The minimum atomic E-state index is -4.44. The Morgan fingerprint density at radius 1 is 1.19 bits per heavy atom. The van der Waals surface area contributed by atoms with Crippen LogP contribution in [0.15, 0.2) is 47.8 Å². The number of amides is 2. The van der Waals surface area contributed by atoms with Gasteiger partial charge in [-0.25, -0.2) is 4.98 Å². The average Bonchev–Trinajstić information content (AvgIpc) is 3.20. The largest absolute Gasteiger partial charge is 0.484 e. The van der Waals surface area contributed by atoms with Crippen LogP contribution in [0.5, 0.6) is 5.75 Å². The molecule has 2 N–H and O–H groups in total. The van der Waals surface area contributed by atoms with E-state index < -0.39 is 17.6 Å². The van der Waals surface area contributed by atoms with Crippen molar-refractivity contribution in [3.05, 3.63) is 59.0 Å². The van der Waals surface area contributed by atoms with Gasteiger partial charge in [-0.3, -0.25) is 14.9 Å². The van der Waals surface area contributed by atoms with Crippen molar-refractivity contribution in [1.82, 2.24) is 4.98 Å². The van der Waals surface area contributed by atoms with Crippen LogP contribution in [-0.4, -0.2) is 23.4 Å². The van der Waals surface area contributed by atoms with Crippen molar-refractivity contribution >= 4 is 34.0 Å². The number of halogens is 3. The molecule has 4 rings (SSSR count). The van der Waals surface area contributed by atoms with E-state index in [1.165, 1.54) is 12.1 Å². The van der Waals surface area contributed by atoms with Crippen LogP contribution in [0.2, 0.25) is 0 Å². The summed E-state index contributed by atoms with van der Waals surface area (Å²) in [6.07, 6.45) is -3.44. The fourth-order valence-corrected chi connectivity index (χ4v) is 3.81. The van der Waals surface area contributed by atoms with Crippen LogP contribution in [0.3, 0.4) is 0 Å². The highest BCUT2D eigenvalue weighted by Crippen LogP contribution is 2.33. The number of benzene rings is 2. The summed E-state index contributed by atoms with van der Waals surface area (Å²) in [5.41, 5.74) is 1.55. The Kier molecular flexibility index (Phi) is 5.64. The number of hydrogen-bond donors (Lipinski definition) is 2. The smallest absolute Gasteiger partial charge is 0.416 e. The number of ether oxygens (including phenoxy) is 1. The lowest BCUT2D eigenvalue weighted by Gasteiger charge is -2.17. The summed E-state index contributed by atoms with van der Waals surface area (Å²) in [7, 11) is 0. The molecule has 3 aromatic rings. The van der Waals surface area contributed by atoms with E-state index in [-0.39, 0.29) is 17.6 Å². The van der Waals surface area contributed by atoms with Crippen molar-refractivity contribution in [2.75, 3.05) is 17.2 Å². The van der Waals surface area contributed by atoms with Crippen LogP contribution < -0.4 is 15.4 Å². The molecule has 31 heavy (non-hydrogen) atoms. The van der Waals surface area contributed by atoms with Gasteiger partial charge in [0.2, 0.25) is 5.91 Å². The van der Waals surface area contributed by atoms with Gasteiger partial charge in [0.05, 0.1) is 11.3 Å². The number of aromatic nitrogens is 1. The predicted molar refractivity (Wildman–Crippen MR) is 110 cm³/mol. The topological polar surface area (TPSA) is 80.3 Å². The van der Waals surface area contributed by atoms with Crippen LogP contribution in [0.1, 0.15) is 17.5 Å². The minimum Gasteiger partial charge on any atom is -0.484 e. The first-order chi connectivity index (χ1) is 14.8.